The fraction of sp³-hybridized carbons (Fsp3) is 0.217. The monoisotopic (exact) mass is 358 g/mol. The molecule has 3 aromatic carbocycles. The summed E-state index contributed by atoms with van der Waals surface area (Å²) in [6, 6.07) is 21.9. The second-order valence-corrected chi connectivity index (χ2v) is 6.83. The number of nitrogens with one attached hydrogen (secondary N) is 1. The van der Waals surface area contributed by atoms with E-state index in [4.69, 9.17) is 0 Å². The Balaban J connectivity index is 1.29. The summed E-state index contributed by atoms with van der Waals surface area (Å²) in [5.41, 5.74) is 2.93. The van der Waals surface area contributed by atoms with E-state index in [0.717, 1.165) is 28.4 Å². The average Bonchev–Trinajstić information content (AvgIpc) is 2.97. The molecule has 3 aromatic rings. The zero-order valence-electron chi connectivity index (χ0n) is 15.2. The van der Waals surface area contributed by atoms with E-state index in [1.54, 1.807) is 4.90 Å². The van der Waals surface area contributed by atoms with Crippen molar-refractivity contribution in [3.05, 3.63) is 77.9 Å². The molecule has 0 saturated carbocycles. The number of hydrogen-bond acceptors (Lipinski definition) is 2. The molecule has 0 spiro atoms. The molecule has 2 amide bonds. The molecule has 0 aromatic heterocycles. The van der Waals surface area contributed by atoms with Crippen molar-refractivity contribution in [1.82, 2.24) is 5.32 Å². The van der Waals surface area contributed by atoms with Gasteiger partial charge < -0.3 is 10.2 Å². The molecule has 4 rings (SSSR count). The predicted molar refractivity (Wildman–Crippen MR) is 108 cm³/mol. The quantitative estimate of drug-likeness (QED) is 0.695. The van der Waals surface area contributed by atoms with Crippen LogP contribution in [-0.2, 0) is 11.2 Å². The molecule has 1 aliphatic rings. The Morgan fingerprint density at radius 2 is 1.70 bits per heavy atom. The first-order valence-electron chi connectivity index (χ1n) is 9.38. The van der Waals surface area contributed by atoms with Gasteiger partial charge in [0.2, 0.25) is 5.91 Å². The van der Waals surface area contributed by atoms with E-state index in [-0.39, 0.29) is 11.8 Å². The molecule has 0 aliphatic carbocycles. The van der Waals surface area contributed by atoms with Crippen LogP contribution in [0.15, 0.2) is 66.7 Å². The number of benzene rings is 3. The fourth-order valence-corrected chi connectivity index (χ4v) is 3.68. The van der Waals surface area contributed by atoms with Crippen LogP contribution in [0.2, 0.25) is 0 Å². The van der Waals surface area contributed by atoms with Gasteiger partial charge in [0, 0.05) is 30.5 Å². The summed E-state index contributed by atoms with van der Waals surface area (Å²) in [5.74, 6) is 0.0691. The van der Waals surface area contributed by atoms with Crippen LogP contribution in [0.25, 0.3) is 10.8 Å². The molecule has 0 unspecified atom stereocenters. The number of nitrogens with zero attached hydrogens (tertiary/aromatic N) is 1. The van der Waals surface area contributed by atoms with Crippen LogP contribution in [0.3, 0.4) is 0 Å². The SMILES string of the molecule is O=C(CCCN1C(=O)c2cccc3cccc1c23)NCCc1ccccc1. The lowest BCUT2D eigenvalue weighted by Crippen LogP contribution is -2.30. The van der Waals surface area contributed by atoms with E-state index in [1.165, 1.54) is 5.56 Å². The third kappa shape index (κ3) is 3.56. The Kier molecular flexibility index (Phi) is 4.88. The summed E-state index contributed by atoms with van der Waals surface area (Å²) >= 11 is 0. The van der Waals surface area contributed by atoms with Crippen LogP contribution < -0.4 is 10.2 Å². The van der Waals surface area contributed by atoms with Gasteiger partial charge >= 0.3 is 0 Å². The van der Waals surface area contributed by atoms with Gasteiger partial charge in [0.15, 0.2) is 0 Å². The molecule has 136 valence electrons. The van der Waals surface area contributed by atoms with E-state index >= 15 is 0 Å². The standard InChI is InChI=1S/C23H22N2O2/c26-21(24-15-14-17-7-2-1-3-8-17)13-6-16-25-20-12-5-10-18-9-4-11-19(22(18)20)23(25)27/h1-5,7-12H,6,13-16H2,(H,24,26). The lowest BCUT2D eigenvalue weighted by atomic mass is 10.1. The Morgan fingerprint density at radius 3 is 2.52 bits per heavy atom. The Labute approximate surface area is 158 Å². The first-order valence-corrected chi connectivity index (χ1v) is 9.38. The summed E-state index contributed by atoms with van der Waals surface area (Å²) in [7, 11) is 0. The summed E-state index contributed by atoms with van der Waals surface area (Å²) < 4.78 is 0. The van der Waals surface area contributed by atoms with Gasteiger partial charge in [-0.15, -0.1) is 0 Å². The first-order chi connectivity index (χ1) is 13.2. The van der Waals surface area contributed by atoms with Gasteiger partial charge in [0.05, 0.1) is 5.69 Å². The number of rotatable bonds is 7. The predicted octanol–water partition coefficient (Wildman–Crippen LogP) is 3.94. The zero-order chi connectivity index (χ0) is 18.6. The highest BCUT2D eigenvalue weighted by Crippen LogP contribution is 2.37. The van der Waals surface area contributed by atoms with Crippen molar-refractivity contribution in [2.24, 2.45) is 0 Å². The maximum Gasteiger partial charge on any atom is 0.258 e. The smallest absolute Gasteiger partial charge is 0.258 e. The van der Waals surface area contributed by atoms with Gasteiger partial charge in [0.1, 0.15) is 0 Å². The molecule has 0 bridgehead atoms. The lowest BCUT2D eigenvalue weighted by Gasteiger charge is -2.17. The zero-order valence-corrected chi connectivity index (χ0v) is 15.2. The minimum atomic E-state index is 0.0336. The molecule has 0 fully saturated rings. The van der Waals surface area contributed by atoms with E-state index in [0.29, 0.717) is 25.9 Å². The van der Waals surface area contributed by atoms with E-state index < -0.39 is 0 Å². The third-order valence-corrected chi connectivity index (χ3v) is 5.01. The molecular formula is C23H22N2O2. The second kappa shape index (κ2) is 7.62. The minimum absolute atomic E-state index is 0.0336. The number of amides is 2. The van der Waals surface area contributed by atoms with Crippen LogP contribution in [0.1, 0.15) is 28.8 Å². The summed E-state index contributed by atoms with van der Waals surface area (Å²) in [5, 5.41) is 5.07. The van der Waals surface area contributed by atoms with Crippen molar-refractivity contribution in [1.29, 1.82) is 0 Å². The summed E-state index contributed by atoms with van der Waals surface area (Å²) in [6.45, 7) is 1.19. The van der Waals surface area contributed by atoms with Gasteiger partial charge in [-0.2, -0.15) is 0 Å². The Morgan fingerprint density at radius 1 is 0.926 bits per heavy atom. The largest absolute Gasteiger partial charge is 0.356 e. The molecule has 0 saturated heterocycles. The van der Waals surface area contributed by atoms with Crippen molar-refractivity contribution in [2.75, 3.05) is 18.0 Å². The van der Waals surface area contributed by atoms with E-state index in [9.17, 15) is 9.59 Å². The second-order valence-electron chi connectivity index (χ2n) is 6.83. The summed E-state index contributed by atoms with van der Waals surface area (Å²) in [6.07, 6.45) is 1.90. The maximum absolute atomic E-state index is 12.7. The van der Waals surface area contributed by atoms with Gasteiger partial charge in [-0.25, -0.2) is 0 Å². The Bertz CT molecular complexity index is 977. The van der Waals surface area contributed by atoms with Gasteiger partial charge in [-0.1, -0.05) is 54.6 Å². The third-order valence-electron chi connectivity index (χ3n) is 5.01. The van der Waals surface area contributed by atoms with E-state index in [2.05, 4.69) is 17.4 Å². The number of hydrogen-bond donors (Lipinski definition) is 1. The number of carbonyl (C=O) groups is 2. The van der Waals surface area contributed by atoms with Crippen LogP contribution in [0.5, 0.6) is 0 Å². The average molecular weight is 358 g/mol. The first kappa shape index (κ1) is 17.3. The molecule has 1 aliphatic heterocycles. The molecule has 4 nitrogen and oxygen atoms in total. The van der Waals surface area contributed by atoms with Crippen molar-refractivity contribution < 1.29 is 9.59 Å². The maximum atomic E-state index is 12.7. The van der Waals surface area contributed by atoms with Crippen molar-refractivity contribution >= 4 is 28.3 Å². The number of carbonyl (C=O) groups excluding carboxylic acids is 2. The lowest BCUT2D eigenvalue weighted by molar-refractivity contribution is -0.121. The van der Waals surface area contributed by atoms with Crippen LogP contribution >= 0.6 is 0 Å². The Hall–Kier alpha value is -3.14. The van der Waals surface area contributed by atoms with Gasteiger partial charge in [0.25, 0.3) is 5.91 Å². The van der Waals surface area contributed by atoms with Crippen LogP contribution in [0.4, 0.5) is 5.69 Å². The van der Waals surface area contributed by atoms with Crippen LogP contribution in [-0.4, -0.2) is 24.9 Å². The fourth-order valence-electron chi connectivity index (χ4n) is 3.68. The highest BCUT2D eigenvalue weighted by Gasteiger charge is 2.28. The van der Waals surface area contributed by atoms with Gasteiger partial charge in [-0.3, -0.25) is 9.59 Å². The highest BCUT2D eigenvalue weighted by molar-refractivity contribution is 6.25. The minimum Gasteiger partial charge on any atom is -0.356 e. The topological polar surface area (TPSA) is 49.4 Å². The molecule has 0 atom stereocenters. The molecule has 0 radical (unpaired) electrons. The number of anilines is 1. The molecule has 1 N–H and O–H groups in total. The molecule has 27 heavy (non-hydrogen) atoms. The highest BCUT2D eigenvalue weighted by atomic mass is 16.2. The van der Waals surface area contributed by atoms with Gasteiger partial charge in [-0.05, 0) is 35.9 Å². The van der Waals surface area contributed by atoms with Crippen molar-refractivity contribution in [3.8, 4) is 0 Å². The summed E-state index contributed by atoms with van der Waals surface area (Å²) in [4.78, 5) is 26.6. The molecular weight excluding hydrogens is 336 g/mol. The molecule has 1 heterocycles. The van der Waals surface area contributed by atoms with Crippen molar-refractivity contribution in [2.45, 2.75) is 19.3 Å². The van der Waals surface area contributed by atoms with Crippen LogP contribution in [0, 0.1) is 0 Å². The van der Waals surface area contributed by atoms with E-state index in [1.807, 2.05) is 54.6 Å². The normalized spacial score (nSPS) is 12.6. The molecule has 4 heteroatoms. The van der Waals surface area contributed by atoms with Crippen molar-refractivity contribution in [3.63, 3.8) is 0 Å².